The Hall–Kier alpha value is -1.53. The Kier molecular flexibility index (Phi) is 4.82. The van der Waals surface area contributed by atoms with Gasteiger partial charge in [-0.2, -0.15) is 0 Å². The zero-order valence-corrected chi connectivity index (χ0v) is 13.0. The highest BCUT2D eigenvalue weighted by Gasteiger charge is 2.37. The van der Waals surface area contributed by atoms with Gasteiger partial charge in [-0.25, -0.2) is 8.78 Å². The number of hydrogen-bond acceptors (Lipinski definition) is 3. The number of amides is 1. The van der Waals surface area contributed by atoms with E-state index in [9.17, 15) is 18.7 Å². The quantitative estimate of drug-likeness (QED) is 0.932. The minimum Gasteiger partial charge on any atom is -0.391 e. The molecule has 0 aliphatic carbocycles. The second-order valence-electron chi connectivity index (χ2n) is 6.52. The highest BCUT2D eigenvalue weighted by atomic mass is 19.1. The summed E-state index contributed by atoms with van der Waals surface area (Å²) in [6, 6.07) is 2.45. The Morgan fingerprint density at radius 3 is 2.73 bits per heavy atom. The van der Waals surface area contributed by atoms with E-state index in [1.807, 2.05) is 20.8 Å². The van der Waals surface area contributed by atoms with E-state index in [1.54, 1.807) is 0 Å². The van der Waals surface area contributed by atoms with Crippen LogP contribution in [0.4, 0.5) is 8.78 Å². The van der Waals surface area contributed by atoms with Crippen LogP contribution in [-0.2, 0) is 9.53 Å². The summed E-state index contributed by atoms with van der Waals surface area (Å²) in [6.45, 7) is 5.39. The topological polar surface area (TPSA) is 49.8 Å². The fourth-order valence-electron chi connectivity index (χ4n) is 2.52. The summed E-state index contributed by atoms with van der Waals surface area (Å²) in [5, 5.41) is 9.82. The standard InChI is InChI=1S/C16H21F2NO3/c1-16(2,3)22-9-15(21)19-8-11(20)7-14(19)12-6-10(17)4-5-13(12)18/h4-6,11,14,20H,7-9H2,1-3H3. The molecule has 0 saturated carbocycles. The molecule has 2 rings (SSSR count). The van der Waals surface area contributed by atoms with Gasteiger partial charge < -0.3 is 14.7 Å². The van der Waals surface area contributed by atoms with Gasteiger partial charge in [0, 0.05) is 12.1 Å². The molecule has 2 atom stereocenters. The lowest BCUT2D eigenvalue weighted by molar-refractivity contribution is -0.142. The van der Waals surface area contributed by atoms with Crippen molar-refractivity contribution in [3.05, 3.63) is 35.4 Å². The van der Waals surface area contributed by atoms with Crippen molar-refractivity contribution >= 4 is 5.91 Å². The lowest BCUT2D eigenvalue weighted by atomic mass is 10.0. The zero-order chi connectivity index (χ0) is 16.5. The van der Waals surface area contributed by atoms with Crippen LogP contribution >= 0.6 is 0 Å². The minimum atomic E-state index is -0.758. The molecule has 1 aromatic carbocycles. The van der Waals surface area contributed by atoms with Crippen molar-refractivity contribution in [2.75, 3.05) is 13.2 Å². The molecule has 1 aliphatic rings. The number of halogens is 2. The Balaban J connectivity index is 2.19. The molecule has 1 aliphatic heterocycles. The smallest absolute Gasteiger partial charge is 0.249 e. The van der Waals surface area contributed by atoms with Crippen LogP contribution in [0.3, 0.4) is 0 Å². The molecule has 1 saturated heterocycles. The molecule has 1 amide bonds. The lowest BCUT2D eigenvalue weighted by Gasteiger charge is -2.27. The number of nitrogens with zero attached hydrogens (tertiary/aromatic N) is 1. The molecule has 0 bridgehead atoms. The van der Waals surface area contributed by atoms with E-state index in [2.05, 4.69) is 0 Å². The molecular weight excluding hydrogens is 292 g/mol. The van der Waals surface area contributed by atoms with Crippen molar-refractivity contribution in [3.63, 3.8) is 0 Å². The van der Waals surface area contributed by atoms with Gasteiger partial charge in [-0.1, -0.05) is 0 Å². The van der Waals surface area contributed by atoms with Gasteiger partial charge in [0.2, 0.25) is 5.91 Å². The van der Waals surface area contributed by atoms with Crippen LogP contribution in [0.2, 0.25) is 0 Å². The van der Waals surface area contributed by atoms with Crippen LogP contribution in [0, 0.1) is 11.6 Å². The third-order valence-corrected chi connectivity index (χ3v) is 3.55. The van der Waals surface area contributed by atoms with Gasteiger partial charge in [-0.15, -0.1) is 0 Å². The largest absolute Gasteiger partial charge is 0.391 e. The third kappa shape index (κ3) is 4.01. The van der Waals surface area contributed by atoms with Crippen LogP contribution < -0.4 is 0 Å². The van der Waals surface area contributed by atoms with E-state index in [0.29, 0.717) is 0 Å². The predicted molar refractivity (Wildman–Crippen MR) is 77.1 cm³/mol. The summed E-state index contributed by atoms with van der Waals surface area (Å²) >= 11 is 0. The molecule has 1 aromatic rings. The lowest BCUT2D eigenvalue weighted by Crippen LogP contribution is -2.37. The van der Waals surface area contributed by atoms with E-state index >= 15 is 0 Å². The number of likely N-dealkylation sites (tertiary alicyclic amines) is 1. The van der Waals surface area contributed by atoms with E-state index < -0.39 is 29.4 Å². The van der Waals surface area contributed by atoms with Crippen LogP contribution in [-0.4, -0.2) is 40.8 Å². The molecular formula is C16H21F2NO3. The number of carbonyl (C=O) groups excluding carboxylic acids is 1. The molecule has 1 N–H and O–H groups in total. The number of carbonyl (C=O) groups is 1. The second kappa shape index (κ2) is 6.30. The Morgan fingerprint density at radius 2 is 2.09 bits per heavy atom. The van der Waals surface area contributed by atoms with Crippen LogP contribution in [0.1, 0.15) is 38.8 Å². The molecule has 1 fully saturated rings. The van der Waals surface area contributed by atoms with Gasteiger partial charge in [0.15, 0.2) is 0 Å². The molecule has 6 heteroatoms. The van der Waals surface area contributed by atoms with Crippen molar-refractivity contribution in [2.24, 2.45) is 0 Å². The molecule has 0 aromatic heterocycles. The van der Waals surface area contributed by atoms with Gasteiger partial charge in [0.05, 0.1) is 17.7 Å². The first-order chi connectivity index (χ1) is 10.2. The van der Waals surface area contributed by atoms with Crippen molar-refractivity contribution < 1.29 is 23.4 Å². The van der Waals surface area contributed by atoms with Crippen molar-refractivity contribution in [1.29, 1.82) is 0 Å². The normalized spacial score (nSPS) is 22.2. The van der Waals surface area contributed by atoms with E-state index in [1.165, 1.54) is 4.90 Å². The number of ether oxygens (including phenoxy) is 1. The van der Waals surface area contributed by atoms with E-state index in [0.717, 1.165) is 18.2 Å². The van der Waals surface area contributed by atoms with Crippen molar-refractivity contribution in [1.82, 2.24) is 4.90 Å². The van der Waals surface area contributed by atoms with Crippen molar-refractivity contribution in [3.8, 4) is 0 Å². The fraction of sp³-hybridized carbons (Fsp3) is 0.562. The first kappa shape index (κ1) is 16.8. The number of hydrogen-bond donors (Lipinski definition) is 1. The maximum absolute atomic E-state index is 13.9. The maximum Gasteiger partial charge on any atom is 0.249 e. The highest BCUT2D eigenvalue weighted by Crippen LogP contribution is 2.34. The molecule has 0 radical (unpaired) electrons. The summed E-state index contributed by atoms with van der Waals surface area (Å²) in [4.78, 5) is 13.6. The Labute approximate surface area is 128 Å². The third-order valence-electron chi connectivity index (χ3n) is 3.55. The van der Waals surface area contributed by atoms with Gasteiger partial charge in [0.1, 0.15) is 18.2 Å². The Morgan fingerprint density at radius 1 is 1.41 bits per heavy atom. The number of aliphatic hydroxyl groups excluding tert-OH is 1. The monoisotopic (exact) mass is 313 g/mol. The number of rotatable bonds is 3. The van der Waals surface area contributed by atoms with Gasteiger partial charge >= 0.3 is 0 Å². The SMILES string of the molecule is CC(C)(C)OCC(=O)N1CC(O)CC1c1cc(F)ccc1F. The molecule has 0 spiro atoms. The first-order valence-electron chi connectivity index (χ1n) is 7.24. The van der Waals surface area contributed by atoms with Gasteiger partial charge in [-0.05, 0) is 45.4 Å². The van der Waals surface area contributed by atoms with Crippen LogP contribution in [0.5, 0.6) is 0 Å². The van der Waals surface area contributed by atoms with Gasteiger partial charge in [-0.3, -0.25) is 4.79 Å². The average molecular weight is 313 g/mol. The molecule has 22 heavy (non-hydrogen) atoms. The van der Waals surface area contributed by atoms with Gasteiger partial charge in [0.25, 0.3) is 0 Å². The molecule has 4 nitrogen and oxygen atoms in total. The summed E-state index contributed by atoms with van der Waals surface area (Å²) < 4.78 is 32.8. The Bertz CT molecular complexity index is 557. The molecule has 122 valence electrons. The van der Waals surface area contributed by atoms with Crippen LogP contribution in [0.25, 0.3) is 0 Å². The van der Waals surface area contributed by atoms with Crippen molar-refractivity contribution in [2.45, 2.75) is 44.9 Å². The summed E-state index contributed by atoms with van der Waals surface area (Å²) in [6.07, 6.45) is -0.576. The second-order valence-corrected chi connectivity index (χ2v) is 6.52. The van der Waals surface area contributed by atoms with E-state index in [-0.39, 0.29) is 31.0 Å². The van der Waals surface area contributed by atoms with E-state index in [4.69, 9.17) is 4.74 Å². The summed E-state index contributed by atoms with van der Waals surface area (Å²) in [5.41, 5.74) is -0.395. The maximum atomic E-state index is 13.9. The zero-order valence-electron chi connectivity index (χ0n) is 13.0. The number of β-amino-alcohol motifs (C(OH)–C–C–N with tert-alkyl or cyclic N) is 1. The predicted octanol–water partition coefficient (Wildman–Crippen LogP) is 2.41. The highest BCUT2D eigenvalue weighted by molar-refractivity contribution is 5.78. The molecule has 2 unspecified atom stereocenters. The number of benzene rings is 1. The molecule has 1 heterocycles. The minimum absolute atomic E-state index is 0.0839. The number of aliphatic hydroxyl groups is 1. The summed E-state index contributed by atoms with van der Waals surface area (Å²) in [5.74, 6) is -1.51. The average Bonchev–Trinajstić information content (AvgIpc) is 2.80. The van der Waals surface area contributed by atoms with Crippen LogP contribution in [0.15, 0.2) is 18.2 Å². The summed E-state index contributed by atoms with van der Waals surface area (Å²) in [7, 11) is 0. The first-order valence-corrected chi connectivity index (χ1v) is 7.24. The fourth-order valence-corrected chi connectivity index (χ4v) is 2.52.